The van der Waals surface area contributed by atoms with E-state index in [0.29, 0.717) is 24.7 Å². The molecule has 2 aromatic rings. The van der Waals surface area contributed by atoms with Gasteiger partial charge in [-0.1, -0.05) is 17.2 Å². The first kappa shape index (κ1) is 16.7. The molecule has 0 spiro atoms. The largest absolute Gasteiger partial charge is 0.361 e. The van der Waals surface area contributed by atoms with Crippen LogP contribution in [0.25, 0.3) is 0 Å². The van der Waals surface area contributed by atoms with Crippen molar-refractivity contribution in [2.24, 2.45) is 5.92 Å². The molecule has 7 heteroatoms. The molecule has 24 heavy (non-hydrogen) atoms. The first-order chi connectivity index (χ1) is 11.5. The Kier molecular flexibility index (Phi) is 4.69. The number of amides is 1. The fraction of sp³-hybridized carbons (Fsp3) is 0.647. The van der Waals surface area contributed by atoms with Crippen molar-refractivity contribution in [2.45, 2.75) is 52.9 Å². The lowest BCUT2D eigenvalue weighted by molar-refractivity contribution is -0.136. The molecule has 2 unspecified atom stereocenters. The lowest BCUT2D eigenvalue weighted by atomic mass is 9.94. The summed E-state index contributed by atoms with van der Waals surface area (Å²) < 4.78 is 10.3. The van der Waals surface area contributed by atoms with E-state index in [9.17, 15) is 4.79 Å². The molecule has 0 saturated carbocycles. The maximum absolute atomic E-state index is 12.8. The summed E-state index contributed by atoms with van der Waals surface area (Å²) >= 11 is 0. The Morgan fingerprint density at radius 1 is 1.29 bits per heavy atom. The predicted octanol–water partition coefficient (Wildman–Crippen LogP) is 2.57. The van der Waals surface area contributed by atoms with Crippen LogP contribution in [0.3, 0.4) is 0 Å². The number of carbonyl (C=O) groups excluding carboxylic acids is 1. The molecule has 0 bridgehead atoms. The van der Waals surface area contributed by atoms with Crippen LogP contribution in [0, 0.1) is 26.7 Å². The lowest BCUT2D eigenvalue weighted by Crippen LogP contribution is -2.42. The van der Waals surface area contributed by atoms with Crippen LogP contribution in [-0.2, 0) is 11.2 Å². The van der Waals surface area contributed by atoms with E-state index in [-0.39, 0.29) is 17.7 Å². The van der Waals surface area contributed by atoms with Gasteiger partial charge in [-0.15, -0.1) is 0 Å². The molecule has 1 aliphatic rings. The molecule has 3 rings (SSSR count). The molecule has 1 aliphatic heterocycles. The average molecular weight is 332 g/mol. The van der Waals surface area contributed by atoms with E-state index in [1.807, 2.05) is 25.7 Å². The summed E-state index contributed by atoms with van der Waals surface area (Å²) in [5.74, 6) is 2.30. The third-order valence-corrected chi connectivity index (χ3v) is 4.75. The van der Waals surface area contributed by atoms with E-state index in [1.54, 1.807) is 6.92 Å². The fourth-order valence-electron chi connectivity index (χ4n) is 3.37. The van der Waals surface area contributed by atoms with Gasteiger partial charge in [0.25, 0.3) is 0 Å². The molecule has 1 amide bonds. The zero-order valence-electron chi connectivity index (χ0n) is 14.7. The van der Waals surface area contributed by atoms with Crippen molar-refractivity contribution < 1.29 is 13.8 Å². The molecule has 7 nitrogen and oxygen atoms in total. The second kappa shape index (κ2) is 6.75. The highest BCUT2D eigenvalue weighted by Gasteiger charge is 2.30. The van der Waals surface area contributed by atoms with Crippen LogP contribution in [0.1, 0.15) is 54.4 Å². The minimum atomic E-state index is -0.104. The summed E-state index contributed by atoms with van der Waals surface area (Å²) in [6.45, 7) is 9.01. The highest BCUT2D eigenvalue weighted by Crippen LogP contribution is 2.27. The molecular formula is C17H24N4O3. The Hall–Kier alpha value is -2.18. The maximum atomic E-state index is 12.8. The minimum absolute atomic E-state index is 0.104. The summed E-state index contributed by atoms with van der Waals surface area (Å²) in [5, 5.41) is 7.99. The van der Waals surface area contributed by atoms with Crippen molar-refractivity contribution in [3.05, 3.63) is 28.7 Å². The zero-order chi connectivity index (χ0) is 17.3. The molecule has 2 aromatic heterocycles. The third-order valence-electron chi connectivity index (χ3n) is 4.75. The quantitative estimate of drug-likeness (QED) is 0.855. The maximum Gasteiger partial charge on any atom is 0.225 e. The molecule has 3 heterocycles. The van der Waals surface area contributed by atoms with Crippen LogP contribution in [-0.4, -0.2) is 39.2 Å². The Labute approximate surface area is 141 Å². The second-order valence-electron chi connectivity index (χ2n) is 6.70. The number of likely N-dealkylation sites (tertiary alicyclic amines) is 1. The molecular weight excluding hydrogens is 308 g/mol. The zero-order valence-corrected chi connectivity index (χ0v) is 14.7. The topological polar surface area (TPSA) is 85.3 Å². The standard InChI is InChI=1S/C17H24N4O3/c1-10(8-15-11(2)19-23-12(15)3)17(22)21-7-5-6-14(9-21)16-18-13(4)24-20-16/h10,14H,5-9H2,1-4H3. The number of carbonyl (C=O) groups is 1. The summed E-state index contributed by atoms with van der Waals surface area (Å²) in [5.41, 5.74) is 1.91. The molecule has 0 N–H and O–H groups in total. The van der Waals surface area contributed by atoms with Crippen LogP contribution in [0.15, 0.2) is 9.05 Å². The number of hydrogen-bond donors (Lipinski definition) is 0. The monoisotopic (exact) mass is 332 g/mol. The van der Waals surface area contributed by atoms with Gasteiger partial charge in [0.2, 0.25) is 11.8 Å². The number of aromatic nitrogens is 3. The van der Waals surface area contributed by atoms with E-state index in [1.165, 1.54) is 0 Å². The average Bonchev–Trinajstić information content (AvgIpc) is 3.15. The molecule has 2 atom stereocenters. The lowest BCUT2D eigenvalue weighted by Gasteiger charge is -2.33. The normalized spacial score (nSPS) is 19.5. The molecule has 1 fully saturated rings. The number of nitrogens with zero attached hydrogens (tertiary/aromatic N) is 4. The Morgan fingerprint density at radius 2 is 2.08 bits per heavy atom. The van der Waals surface area contributed by atoms with Crippen LogP contribution < -0.4 is 0 Å². The van der Waals surface area contributed by atoms with E-state index < -0.39 is 0 Å². The van der Waals surface area contributed by atoms with Gasteiger partial charge < -0.3 is 13.9 Å². The summed E-state index contributed by atoms with van der Waals surface area (Å²) in [4.78, 5) is 19.1. The Morgan fingerprint density at radius 3 is 2.71 bits per heavy atom. The van der Waals surface area contributed by atoms with Crippen molar-refractivity contribution in [1.82, 2.24) is 20.2 Å². The van der Waals surface area contributed by atoms with Gasteiger partial charge in [0.1, 0.15) is 5.76 Å². The van der Waals surface area contributed by atoms with E-state index in [4.69, 9.17) is 9.05 Å². The molecule has 0 aliphatic carbocycles. The molecule has 0 radical (unpaired) electrons. The van der Waals surface area contributed by atoms with Crippen molar-refractivity contribution >= 4 is 5.91 Å². The SMILES string of the molecule is Cc1nc(C2CCCN(C(=O)C(C)Cc3c(C)noc3C)C2)no1. The summed E-state index contributed by atoms with van der Waals surface area (Å²) in [6.07, 6.45) is 2.60. The van der Waals surface area contributed by atoms with Crippen LogP contribution in [0.4, 0.5) is 0 Å². The van der Waals surface area contributed by atoms with Gasteiger partial charge in [0, 0.05) is 37.4 Å². The van der Waals surface area contributed by atoms with Gasteiger partial charge in [-0.3, -0.25) is 4.79 Å². The number of rotatable bonds is 4. The Bertz CT molecular complexity index is 702. The van der Waals surface area contributed by atoms with Crippen molar-refractivity contribution in [2.75, 3.05) is 13.1 Å². The van der Waals surface area contributed by atoms with E-state index in [2.05, 4.69) is 15.3 Å². The Balaban J connectivity index is 1.65. The minimum Gasteiger partial charge on any atom is -0.361 e. The number of hydrogen-bond acceptors (Lipinski definition) is 6. The highest BCUT2D eigenvalue weighted by atomic mass is 16.5. The van der Waals surface area contributed by atoms with E-state index in [0.717, 1.165) is 36.4 Å². The summed E-state index contributed by atoms with van der Waals surface area (Å²) in [7, 11) is 0. The summed E-state index contributed by atoms with van der Waals surface area (Å²) in [6, 6.07) is 0. The van der Waals surface area contributed by atoms with Gasteiger partial charge in [0.15, 0.2) is 5.82 Å². The van der Waals surface area contributed by atoms with Crippen LogP contribution in [0.5, 0.6) is 0 Å². The molecule has 1 saturated heterocycles. The first-order valence-electron chi connectivity index (χ1n) is 8.46. The van der Waals surface area contributed by atoms with Crippen molar-refractivity contribution in [3.63, 3.8) is 0 Å². The number of aryl methyl sites for hydroxylation is 3. The van der Waals surface area contributed by atoms with Crippen molar-refractivity contribution in [1.29, 1.82) is 0 Å². The highest BCUT2D eigenvalue weighted by molar-refractivity contribution is 5.79. The number of piperidine rings is 1. The van der Waals surface area contributed by atoms with Gasteiger partial charge >= 0.3 is 0 Å². The fourth-order valence-corrected chi connectivity index (χ4v) is 3.37. The second-order valence-corrected chi connectivity index (χ2v) is 6.70. The predicted molar refractivity (Wildman–Crippen MR) is 86.4 cm³/mol. The van der Waals surface area contributed by atoms with Gasteiger partial charge in [-0.2, -0.15) is 4.98 Å². The first-order valence-corrected chi connectivity index (χ1v) is 8.46. The van der Waals surface area contributed by atoms with Crippen LogP contribution in [0.2, 0.25) is 0 Å². The van der Waals surface area contributed by atoms with Crippen LogP contribution >= 0.6 is 0 Å². The van der Waals surface area contributed by atoms with Gasteiger partial charge in [0.05, 0.1) is 5.69 Å². The van der Waals surface area contributed by atoms with Gasteiger partial charge in [-0.05, 0) is 33.1 Å². The molecule has 130 valence electrons. The van der Waals surface area contributed by atoms with E-state index >= 15 is 0 Å². The third kappa shape index (κ3) is 3.34. The van der Waals surface area contributed by atoms with Crippen molar-refractivity contribution in [3.8, 4) is 0 Å². The van der Waals surface area contributed by atoms with Gasteiger partial charge in [-0.25, -0.2) is 0 Å². The molecule has 0 aromatic carbocycles. The smallest absolute Gasteiger partial charge is 0.225 e.